The predicted molar refractivity (Wildman–Crippen MR) is 106 cm³/mol. The molecule has 10 heteroatoms. The highest BCUT2D eigenvalue weighted by Gasteiger charge is 2.35. The molecule has 1 atom stereocenters. The Morgan fingerprint density at radius 2 is 2.14 bits per heavy atom. The fourth-order valence-corrected chi connectivity index (χ4v) is 3.30. The van der Waals surface area contributed by atoms with Gasteiger partial charge in [0.25, 0.3) is 0 Å². The number of nitrogens with zero attached hydrogens (tertiary/aromatic N) is 2. The van der Waals surface area contributed by atoms with E-state index in [1.54, 1.807) is 11.8 Å². The van der Waals surface area contributed by atoms with Gasteiger partial charge in [-0.2, -0.15) is 0 Å². The molecule has 0 bridgehead atoms. The standard InChI is InChI=1S/C18H23N3O6S/c1-4-7-20-11(2)15(17(23)27-9-8-26-3)16(19-18(20)28)12-5-6-14(22)13(10-12)21(24)25/h5-6,10,16,22H,4,7-9H2,1-3H3,(H,19,28). The van der Waals surface area contributed by atoms with E-state index in [2.05, 4.69) is 5.32 Å². The Hall–Kier alpha value is -2.72. The first-order valence-corrected chi connectivity index (χ1v) is 9.14. The fourth-order valence-electron chi connectivity index (χ4n) is 2.95. The van der Waals surface area contributed by atoms with Gasteiger partial charge in [0.15, 0.2) is 10.9 Å². The molecule has 0 amide bonds. The molecule has 1 aliphatic rings. The molecule has 9 nitrogen and oxygen atoms in total. The largest absolute Gasteiger partial charge is 0.502 e. The number of thiocarbonyl (C=S) groups is 1. The van der Waals surface area contributed by atoms with Crippen molar-refractivity contribution in [1.29, 1.82) is 0 Å². The van der Waals surface area contributed by atoms with E-state index in [-0.39, 0.29) is 13.2 Å². The lowest BCUT2D eigenvalue weighted by molar-refractivity contribution is -0.385. The van der Waals surface area contributed by atoms with Crippen LogP contribution in [0.25, 0.3) is 0 Å². The van der Waals surface area contributed by atoms with Crippen molar-refractivity contribution in [3.8, 4) is 5.75 Å². The zero-order valence-corrected chi connectivity index (χ0v) is 16.7. The molecule has 1 aromatic rings. The number of esters is 1. The summed E-state index contributed by atoms with van der Waals surface area (Å²) in [5.74, 6) is -1.02. The van der Waals surface area contributed by atoms with Gasteiger partial charge in [0.1, 0.15) is 6.61 Å². The van der Waals surface area contributed by atoms with Crippen molar-refractivity contribution in [3.05, 3.63) is 45.1 Å². The molecule has 0 saturated heterocycles. The van der Waals surface area contributed by atoms with Gasteiger partial charge in [0.05, 0.1) is 23.1 Å². The van der Waals surface area contributed by atoms with Crippen LogP contribution < -0.4 is 5.32 Å². The van der Waals surface area contributed by atoms with Crippen LogP contribution in [0.15, 0.2) is 29.5 Å². The first kappa shape index (κ1) is 21.6. The third-order valence-electron chi connectivity index (χ3n) is 4.31. The van der Waals surface area contributed by atoms with Crippen molar-refractivity contribution >= 4 is 29.0 Å². The highest BCUT2D eigenvalue weighted by Crippen LogP contribution is 2.35. The van der Waals surface area contributed by atoms with E-state index in [1.807, 2.05) is 6.92 Å². The number of phenols is 1. The number of nitro benzene ring substituents is 1. The van der Waals surface area contributed by atoms with E-state index in [9.17, 15) is 20.0 Å². The first-order valence-electron chi connectivity index (χ1n) is 8.73. The number of hydrogen-bond donors (Lipinski definition) is 2. The number of ether oxygens (including phenoxy) is 2. The van der Waals surface area contributed by atoms with Crippen molar-refractivity contribution in [3.63, 3.8) is 0 Å². The predicted octanol–water partition coefficient (Wildman–Crippen LogP) is 2.41. The number of phenolic OH excluding ortho intramolecular Hbond substituents is 1. The highest BCUT2D eigenvalue weighted by atomic mass is 32.1. The minimum Gasteiger partial charge on any atom is -0.502 e. The molecule has 0 saturated carbocycles. The number of methoxy groups -OCH3 is 1. The second-order valence-corrected chi connectivity index (χ2v) is 6.55. The molecular formula is C18H23N3O6S. The Labute approximate surface area is 168 Å². The molecule has 1 unspecified atom stereocenters. The molecule has 1 aliphatic heterocycles. The number of hydrogen-bond acceptors (Lipinski definition) is 7. The van der Waals surface area contributed by atoms with Gasteiger partial charge >= 0.3 is 11.7 Å². The number of carbonyl (C=O) groups excluding carboxylic acids is 1. The Morgan fingerprint density at radius 3 is 2.75 bits per heavy atom. The second kappa shape index (κ2) is 9.47. The van der Waals surface area contributed by atoms with Crippen molar-refractivity contribution < 1.29 is 24.3 Å². The summed E-state index contributed by atoms with van der Waals surface area (Å²) in [4.78, 5) is 25.1. The maximum atomic E-state index is 12.8. The topological polar surface area (TPSA) is 114 Å². The van der Waals surface area contributed by atoms with Crippen LogP contribution in [0.2, 0.25) is 0 Å². The summed E-state index contributed by atoms with van der Waals surface area (Å²) in [5.41, 5.74) is 0.888. The van der Waals surface area contributed by atoms with E-state index in [1.165, 1.54) is 25.3 Å². The van der Waals surface area contributed by atoms with Crippen molar-refractivity contribution in [2.75, 3.05) is 26.9 Å². The number of carbonyl (C=O) groups is 1. The van der Waals surface area contributed by atoms with E-state index in [4.69, 9.17) is 21.7 Å². The smallest absolute Gasteiger partial charge is 0.338 e. The maximum Gasteiger partial charge on any atom is 0.338 e. The lowest BCUT2D eigenvalue weighted by atomic mass is 9.94. The molecule has 0 radical (unpaired) electrons. The van der Waals surface area contributed by atoms with Crippen LogP contribution in [-0.2, 0) is 14.3 Å². The van der Waals surface area contributed by atoms with Crippen molar-refractivity contribution in [2.45, 2.75) is 26.3 Å². The van der Waals surface area contributed by atoms with Gasteiger partial charge in [0, 0.05) is 25.4 Å². The average Bonchev–Trinajstić information content (AvgIpc) is 2.65. The molecule has 0 spiro atoms. The summed E-state index contributed by atoms with van der Waals surface area (Å²) in [6.45, 7) is 4.68. The molecule has 0 fully saturated rings. The third kappa shape index (κ3) is 4.57. The summed E-state index contributed by atoms with van der Waals surface area (Å²) >= 11 is 5.43. The quantitative estimate of drug-likeness (QED) is 0.220. The number of allylic oxidation sites excluding steroid dienone is 1. The van der Waals surface area contributed by atoms with Crippen molar-refractivity contribution in [2.24, 2.45) is 0 Å². The summed E-state index contributed by atoms with van der Waals surface area (Å²) < 4.78 is 10.2. The van der Waals surface area contributed by atoms with Crippen LogP contribution in [0, 0.1) is 10.1 Å². The zero-order valence-electron chi connectivity index (χ0n) is 15.9. The number of aromatic hydroxyl groups is 1. The van der Waals surface area contributed by atoms with Crippen LogP contribution in [0.3, 0.4) is 0 Å². The molecule has 2 rings (SSSR count). The van der Waals surface area contributed by atoms with Crippen LogP contribution in [-0.4, -0.2) is 52.9 Å². The van der Waals surface area contributed by atoms with Gasteiger partial charge in [-0.15, -0.1) is 0 Å². The Morgan fingerprint density at radius 1 is 1.43 bits per heavy atom. The van der Waals surface area contributed by atoms with E-state index in [0.29, 0.717) is 28.5 Å². The first-order chi connectivity index (χ1) is 13.3. The number of nitrogens with one attached hydrogen (secondary N) is 1. The van der Waals surface area contributed by atoms with Crippen LogP contribution in [0.1, 0.15) is 31.9 Å². The third-order valence-corrected chi connectivity index (χ3v) is 4.65. The molecule has 2 N–H and O–H groups in total. The van der Waals surface area contributed by atoms with E-state index >= 15 is 0 Å². The lowest BCUT2D eigenvalue weighted by Crippen LogP contribution is -2.48. The number of rotatable bonds is 8. The minimum atomic E-state index is -0.741. The van der Waals surface area contributed by atoms with Gasteiger partial charge < -0.3 is 24.8 Å². The van der Waals surface area contributed by atoms with Gasteiger partial charge in [-0.1, -0.05) is 13.0 Å². The zero-order chi connectivity index (χ0) is 20.8. The highest BCUT2D eigenvalue weighted by molar-refractivity contribution is 7.80. The van der Waals surface area contributed by atoms with Crippen molar-refractivity contribution in [1.82, 2.24) is 10.2 Å². The average molecular weight is 409 g/mol. The molecule has 1 heterocycles. The van der Waals surface area contributed by atoms with Gasteiger partial charge in [-0.25, -0.2) is 4.79 Å². The van der Waals surface area contributed by atoms with Gasteiger partial charge in [-0.05, 0) is 37.2 Å². The molecule has 0 aromatic heterocycles. The monoisotopic (exact) mass is 409 g/mol. The lowest BCUT2D eigenvalue weighted by Gasteiger charge is -2.37. The Bertz CT molecular complexity index is 811. The summed E-state index contributed by atoms with van der Waals surface area (Å²) in [6.07, 6.45) is 0.806. The summed E-state index contributed by atoms with van der Waals surface area (Å²) in [5, 5.41) is 24.4. The Balaban J connectivity index is 2.51. The fraction of sp³-hybridized carbons (Fsp3) is 0.444. The second-order valence-electron chi connectivity index (χ2n) is 6.17. The Kier molecular flexibility index (Phi) is 7.30. The van der Waals surface area contributed by atoms with Gasteiger partial charge in [-0.3, -0.25) is 10.1 Å². The van der Waals surface area contributed by atoms with Crippen LogP contribution in [0.5, 0.6) is 5.75 Å². The van der Waals surface area contributed by atoms with Crippen LogP contribution >= 0.6 is 12.2 Å². The molecule has 28 heavy (non-hydrogen) atoms. The van der Waals surface area contributed by atoms with E-state index < -0.39 is 28.4 Å². The molecule has 0 aliphatic carbocycles. The molecule has 152 valence electrons. The minimum absolute atomic E-state index is 0.0762. The van der Waals surface area contributed by atoms with E-state index in [0.717, 1.165) is 6.42 Å². The molecular weight excluding hydrogens is 386 g/mol. The normalized spacial score (nSPS) is 16.8. The summed E-state index contributed by atoms with van der Waals surface area (Å²) in [7, 11) is 1.50. The maximum absolute atomic E-state index is 12.8. The SMILES string of the molecule is CCCN1C(=S)NC(c2ccc(O)c([N+](=O)[O-])c2)C(C(=O)OCCOC)=C1C. The molecule has 1 aromatic carbocycles. The van der Waals surface area contributed by atoms with Gasteiger partial charge in [0.2, 0.25) is 0 Å². The number of nitro groups is 1. The van der Waals surface area contributed by atoms with Crippen LogP contribution in [0.4, 0.5) is 5.69 Å². The summed E-state index contributed by atoms with van der Waals surface area (Å²) in [6, 6.07) is 3.21. The number of benzene rings is 1.